The molecule has 1 N–H and O–H groups in total. The van der Waals surface area contributed by atoms with Crippen LogP contribution in [0.15, 0.2) is 36.4 Å². The first kappa shape index (κ1) is 16.3. The van der Waals surface area contributed by atoms with Crippen LogP contribution in [0.1, 0.15) is 29.7 Å². The topological polar surface area (TPSA) is 88.2 Å². The molecule has 0 saturated heterocycles. The van der Waals surface area contributed by atoms with Crippen LogP contribution in [0.5, 0.6) is 5.75 Å². The van der Waals surface area contributed by atoms with E-state index in [0.29, 0.717) is 5.69 Å². The zero-order valence-electron chi connectivity index (χ0n) is 13.2. The van der Waals surface area contributed by atoms with Crippen LogP contribution in [-0.4, -0.2) is 12.0 Å². The fraction of sp³-hybridized carbons (Fsp3) is 0.235. The van der Waals surface area contributed by atoms with Gasteiger partial charge in [-0.1, -0.05) is 17.7 Å². The number of methoxy groups -OCH3 is 1. The summed E-state index contributed by atoms with van der Waals surface area (Å²) >= 11 is 0. The van der Waals surface area contributed by atoms with Gasteiger partial charge in [0, 0.05) is 17.7 Å². The summed E-state index contributed by atoms with van der Waals surface area (Å²) in [4.78, 5) is 10.3. The lowest BCUT2D eigenvalue weighted by Gasteiger charge is -2.19. The van der Waals surface area contributed by atoms with Crippen LogP contribution >= 0.6 is 0 Å². The van der Waals surface area contributed by atoms with Crippen molar-refractivity contribution in [3.63, 3.8) is 0 Å². The van der Waals surface area contributed by atoms with Crippen molar-refractivity contribution in [1.82, 2.24) is 0 Å². The lowest BCUT2D eigenvalue weighted by atomic mass is 10.0. The van der Waals surface area contributed by atoms with Crippen LogP contribution in [0.25, 0.3) is 0 Å². The van der Waals surface area contributed by atoms with Crippen molar-refractivity contribution in [3.8, 4) is 11.8 Å². The van der Waals surface area contributed by atoms with Crippen LogP contribution in [0.3, 0.4) is 0 Å². The van der Waals surface area contributed by atoms with Gasteiger partial charge in [0.2, 0.25) is 0 Å². The lowest BCUT2D eigenvalue weighted by Crippen LogP contribution is -2.09. The van der Waals surface area contributed by atoms with Crippen LogP contribution in [0, 0.1) is 28.4 Å². The van der Waals surface area contributed by atoms with Gasteiger partial charge in [0.25, 0.3) is 5.69 Å². The molecule has 0 aromatic heterocycles. The number of rotatable bonds is 5. The fourth-order valence-corrected chi connectivity index (χ4v) is 2.37. The van der Waals surface area contributed by atoms with Crippen LogP contribution in [0.2, 0.25) is 0 Å². The van der Waals surface area contributed by atoms with Crippen LogP contribution in [0.4, 0.5) is 11.4 Å². The van der Waals surface area contributed by atoms with Crippen molar-refractivity contribution in [2.45, 2.75) is 19.9 Å². The van der Waals surface area contributed by atoms with Crippen molar-refractivity contribution in [3.05, 3.63) is 63.2 Å². The molecule has 0 radical (unpaired) electrons. The van der Waals surface area contributed by atoms with E-state index in [1.807, 2.05) is 38.1 Å². The monoisotopic (exact) mass is 311 g/mol. The smallest absolute Gasteiger partial charge is 0.270 e. The SMILES string of the molecule is COc1ccc(C)cc1[C@@H](C)Nc1ccc([N+](=O)[O-])cc1C#N. The highest BCUT2D eigenvalue weighted by molar-refractivity contribution is 5.62. The number of hydrogen-bond acceptors (Lipinski definition) is 5. The van der Waals surface area contributed by atoms with Crippen LogP contribution < -0.4 is 10.1 Å². The minimum absolute atomic E-state index is 0.104. The predicted octanol–water partition coefficient (Wildman–Crippen LogP) is 3.96. The van der Waals surface area contributed by atoms with E-state index < -0.39 is 4.92 Å². The molecule has 0 bridgehead atoms. The van der Waals surface area contributed by atoms with Crippen molar-refractivity contribution >= 4 is 11.4 Å². The van der Waals surface area contributed by atoms with E-state index in [2.05, 4.69) is 5.32 Å². The number of nitrogens with zero attached hydrogens (tertiary/aromatic N) is 2. The number of aryl methyl sites for hydroxylation is 1. The van der Waals surface area contributed by atoms with E-state index >= 15 is 0 Å². The first-order chi connectivity index (χ1) is 11.0. The van der Waals surface area contributed by atoms with Crippen molar-refractivity contribution in [1.29, 1.82) is 5.26 Å². The van der Waals surface area contributed by atoms with Crippen molar-refractivity contribution in [2.24, 2.45) is 0 Å². The summed E-state index contributed by atoms with van der Waals surface area (Å²) in [7, 11) is 1.60. The predicted molar refractivity (Wildman–Crippen MR) is 87.6 cm³/mol. The van der Waals surface area contributed by atoms with E-state index in [9.17, 15) is 15.4 Å². The van der Waals surface area contributed by atoms with Gasteiger partial charge >= 0.3 is 0 Å². The molecule has 0 fully saturated rings. The molecule has 0 spiro atoms. The summed E-state index contributed by atoms with van der Waals surface area (Å²) in [5.74, 6) is 0.746. The Balaban J connectivity index is 2.34. The Hall–Kier alpha value is -3.07. The number of non-ortho nitro benzene ring substituents is 1. The maximum absolute atomic E-state index is 10.8. The van der Waals surface area contributed by atoms with E-state index in [4.69, 9.17) is 4.74 Å². The van der Waals surface area contributed by atoms with Gasteiger partial charge in [-0.3, -0.25) is 10.1 Å². The highest BCUT2D eigenvalue weighted by Crippen LogP contribution is 2.30. The molecule has 0 saturated carbocycles. The van der Waals surface area contributed by atoms with Gasteiger partial charge < -0.3 is 10.1 Å². The van der Waals surface area contributed by atoms with Crippen LogP contribution in [-0.2, 0) is 0 Å². The highest BCUT2D eigenvalue weighted by Gasteiger charge is 2.15. The number of hydrogen-bond donors (Lipinski definition) is 1. The molecule has 2 aromatic carbocycles. The van der Waals surface area contributed by atoms with Gasteiger partial charge in [0.05, 0.1) is 29.3 Å². The second-order valence-corrected chi connectivity index (χ2v) is 5.21. The second kappa shape index (κ2) is 6.79. The minimum atomic E-state index is -0.516. The average Bonchev–Trinajstić information content (AvgIpc) is 2.54. The molecule has 0 aliphatic heterocycles. The summed E-state index contributed by atoms with van der Waals surface area (Å²) in [5.41, 5.74) is 2.73. The average molecular weight is 311 g/mol. The van der Waals surface area contributed by atoms with Gasteiger partial charge in [-0.2, -0.15) is 5.26 Å². The fourth-order valence-electron chi connectivity index (χ4n) is 2.37. The molecule has 1 atom stereocenters. The number of nitro benzene ring substituents is 1. The van der Waals surface area contributed by atoms with Gasteiger partial charge in [-0.25, -0.2) is 0 Å². The molecule has 0 aliphatic rings. The lowest BCUT2D eigenvalue weighted by molar-refractivity contribution is -0.384. The Kier molecular flexibility index (Phi) is 4.82. The molecule has 2 rings (SSSR count). The molecule has 0 unspecified atom stereocenters. The van der Waals surface area contributed by atoms with Gasteiger partial charge in [0.15, 0.2) is 0 Å². The quantitative estimate of drug-likeness (QED) is 0.667. The Morgan fingerprint density at radius 1 is 1.30 bits per heavy atom. The summed E-state index contributed by atoms with van der Waals surface area (Å²) < 4.78 is 5.37. The molecular weight excluding hydrogens is 294 g/mol. The van der Waals surface area contributed by atoms with E-state index in [0.717, 1.165) is 16.9 Å². The zero-order chi connectivity index (χ0) is 17.0. The van der Waals surface area contributed by atoms with E-state index in [-0.39, 0.29) is 17.3 Å². The molecule has 2 aromatic rings. The Morgan fingerprint density at radius 3 is 2.65 bits per heavy atom. The number of ether oxygens (including phenoxy) is 1. The summed E-state index contributed by atoms with van der Waals surface area (Å²) in [6, 6.07) is 11.9. The summed E-state index contributed by atoms with van der Waals surface area (Å²) in [6.07, 6.45) is 0. The standard InChI is InChI=1S/C17H17N3O3/c1-11-4-7-17(23-3)15(8-11)12(2)19-16-6-5-14(20(21)22)9-13(16)10-18/h4-9,12,19H,1-3H3/t12-/m1/s1. The zero-order valence-corrected chi connectivity index (χ0v) is 13.2. The largest absolute Gasteiger partial charge is 0.496 e. The minimum Gasteiger partial charge on any atom is -0.496 e. The first-order valence-corrected chi connectivity index (χ1v) is 7.06. The first-order valence-electron chi connectivity index (χ1n) is 7.06. The molecule has 118 valence electrons. The number of anilines is 1. The van der Waals surface area contributed by atoms with Gasteiger partial charge in [-0.05, 0) is 26.0 Å². The third kappa shape index (κ3) is 3.58. The van der Waals surface area contributed by atoms with Crippen molar-refractivity contribution < 1.29 is 9.66 Å². The molecular formula is C17H17N3O3. The maximum Gasteiger partial charge on any atom is 0.270 e. The summed E-state index contributed by atoms with van der Waals surface area (Å²) in [6.45, 7) is 3.93. The van der Waals surface area contributed by atoms with Crippen molar-refractivity contribution in [2.75, 3.05) is 12.4 Å². The molecule has 0 amide bonds. The molecule has 0 aliphatic carbocycles. The Bertz CT molecular complexity index is 781. The molecule has 6 nitrogen and oxygen atoms in total. The molecule has 6 heteroatoms. The van der Waals surface area contributed by atoms with Gasteiger partial charge in [-0.15, -0.1) is 0 Å². The Labute approximate surface area is 134 Å². The number of benzene rings is 2. The van der Waals surface area contributed by atoms with Gasteiger partial charge in [0.1, 0.15) is 11.8 Å². The van der Waals surface area contributed by atoms with E-state index in [1.165, 1.54) is 12.1 Å². The third-order valence-corrected chi connectivity index (χ3v) is 3.56. The molecule has 0 heterocycles. The second-order valence-electron chi connectivity index (χ2n) is 5.21. The Morgan fingerprint density at radius 2 is 2.04 bits per heavy atom. The number of nitriles is 1. The highest BCUT2D eigenvalue weighted by atomic mass is 16.6. The number of nitro groups is 1. The maximum atomic E-state index is 10.8. The normalized spacial score (nSPS) is 11.4. The van der Waals surface area contributed by atoms with E-state index in [1.54, 1.807) is 13.2 Å². The molecule has 23 heavy (non-hydrogen) atoms. The third-order valence-electron chi connectivity index (χ3n) is 3.56. The number of nitrogens with one attached hydrogen (secondary N) is 1. The summed E-state index contributed by atoms with van der Waals surface area (Å²) in [5, 5.41) is 23.2.